The molecule has 0 saturated carbocycles. The second-order valence-corrected chi connectivity index (χ2v) is 5.47. The third kappa shape index (κ3) is 3.83. The summed E-state index contributed by atoms with van der Waals surface area (Å²) in [5.74, 6) is 0.877. The molecule has 0 radical (unpaired) electrons. The van der Waals surface area contributed by atoms with Crippen molar-refractivity contribution in [3.8, 4) is 17.2 Å². The number of carbonyl (C=O) groups is 1. The summed E-state index contributed by atoms with van der Waals surface area (Å²) in [6.07, 6.45) is 0. The lowest BCUT2D eigenvalue weighted by Crippen LogP contribution is -2.28. The Labute approximate surface area is 145 Å². The Morgan fingerprint density at radius 1 is 1.00 bits per heavy atom. The standard InChI is InChI=1S/C20H19NO4/c1-24-18-8-4-5-9-19(18)25-11-10-21-20(23)16-12-14-6-2-3-7-15(14)13-17(16)22/h2-9,12-13,22H,10-11H2,1H3,(H,21,23). The smallest absolute Gasteiger partial charge is 0.255 e. The number of phenols is 1. The largest absolute Gasteiger partial charge is 0.507 e. The molecule has 5 nitrogen and oxygen atoms in total. The fourth-order valence-electron chi connectivity index (χ4n) is 2.57. The zero-order valence-corrected chi connectivity index (χ0v) is 13.9. The van der Waals surface area contributed by atoms with Crippen molar-refractivity contribution in [2.45, 2.75) is 0 Å². The molecule has 0 bridgehead atoms. The van der Waals surface area contributed by atoms with Gasteiger partial charge in [0, 0.05) is 0 Å². The van der Waals surface area contributed by atoms with Crippen molar-refractivity contribution in [2.24, 2.45) is 0 Å². The molecule has 3 aromatic rings. The number of phenolic OH excluding ortho intramolecular Hbond substituents is 1. The Bertz CT molecular complexity index is 892. The van der Waals surface area contributed by atoms with Gasteiger partial charge in [0.1, 0.15) is 12.4 Å². The fourth-order valence-corrected chi connectivity index (χ4v) is 2.57. The summed E-state index contributed by atoms with van der Waals surface area (Å²) in [5.41, 5.74) is 0.246. The molecule has 25 heavy (non-hydrogen) atoms. The molecule has 2 N–H and O–H groups in total. The van der Waals surface area contributed by atoms with Crippen LogP contribution in [0.1, 0.15) is 10.4 Å². The molecule has 0 aliphatic heterocycles. The molecule has 0 spiro atoms. The van der Waals surface area contributed by atoms with Crippen LogP contribution in [0.4, 0.5) is 0 Å². The van der Waals surface area contributed by atoms with Crippen LogP contribution in [0.2, 0.25) is 0 Å². The molecule has 0 unspecified atom stereocenters. The van der Waals surface area contributed by atoms with Gasteiger partial charge in [0.2, 0.25) is 0 Å². The van der Waals surface area contributed by atoms with Crippen LogP contribution in [0.3, 0.4) is 0 Å². The highest BCUT2D eigenvalue weighted by Gasteiger charge is 2.12. The minimum absolute atomic E-state index is 0.0400. The van der Waals surface area contributed by atoms with Gasteiger partial charge in [0.15, 0.2) is 11.5 Å². The molecular formula is C20H19NO4. The van der Waals surface area contributed by atoms with E-state index in [1.807, 2.05) is 36.4 Å². The summed E-state index contributed by atoms with van der Waals surface area (Å²) in [6, 6.07) is 18.2. The Kier molecular flexibility index (Phi) is 5.04. The van der Waals surface area contributed by atoms with E-state index >= 15 is 0 Å². The average molecular weight is 337 g/mol. The van der Waals surface area contributed by atoms with E-state index in [0.29, 0.717) is 24.7 Å². The monoisotopic (exact) mass is 337 g/mol. The van der Waals surface area contributed by atoms with E-state index in [0.717, 1.165) is 10.8 Å². The number of hydrogen-bond donors (Lipinski definition) is 2. The maximum atomic E-state index is 12.3. The van der Waals surface area contributed by atoms with Crippen LogP contribution in [0.5, 0.6) is 17.2 Å². The van der Waals surface area contributed by atoms with E-state index in [1.54, 1.807) is 31.4 Å². The number of fused-ring (bicyclic) bond motifs is 1. The highest BCUT2D eigenvalue weighted by molar-refractivity contribution is 6.01. The van der Waals surface area contributed by atoms with Crippen LogP contribution in [0, 0.1) is 0 Å². The summed E-state index contributed by atoms with van der Waals surface area (Å²) in [5, 5.41) is 14.6. The van der Waals surface area contributed by atoms with Gasteiger partial charge in [-0.05, 0) is 35.0 Å². The van der Waals surface area contributed by atoms with Gasteiger partial charge >= 0.3 is 0 Å². The molecular weight excluding hydrogens is 318 g/mol. The second-order valence-electron chi connectivity index (χ2n) is 5.47. The topological polar surface area (TPSA) is 67.8 Å². The van der Waals surface area contributed by atoms with Crippen molar-refractivity contribution in [1.82, 2.24) is 5.32 Å². The number of nitrogens with one attached hydrogen (secondary N) is 1. The lowest BCUT2D eigenvalue weighted by atomic mass is 10.1. The number of hydrogen-bond acceptors (Lipinski definition) is 4. The molecule has 0 heterocycles. The summed E-state index contributed by atoms with van der Waals surface area (Å²) < 4.78 is 10.8. The predicted molar refractivity (Wildman–Crippen MR) is 96.4 cm³/mol. The molecule has 128 valence electrons. The van der Waals surface area contributed by atoms with Crippen LogP contribution in [0.15, 0.2) is 60.7 Å². The van der Waals surface area contributed by atoms with Gasteiger partial charge in [0.25, 0.3) is 5.91 Å². The van der Waals surface area contributed by atoms with Crippen molar-refractivity contribution < 1.29 is 19.4 Å². The predicted octanol–water partition coefficient (Wildman–Crippen LogP) is 3.36. The van der Waals surface area contributed by atoms with Crippen LogP contribution in [0.25, 0.3) is 10.8 Å². The third-order valence-corrected chi connectivity index (χ3v) is 3.82. The molecule has 0 saturated heterocycles. The first-order valence-corrected chi connectivity index (χ1v) is 7.95. The SMILES string of the molecule is COc1ccccc1OCCNC(=O)c1cc2ccccc2cc1O. The van der Waals surface area contributed by atoms with Crippen molar-refractivity contribution in [3.05, 3.63) is 66.2 Å². The molecule has 0 aliphatic rings. The van der Waals surface area contributed by atoms with E-state index in [4.69, 9.17) is 9.47 Å². The number of methoxy groups -OCH3 is 1. The molecule has 0 aromatic heterocycles. The van der Waals surface area contributed by atoms with E-state index in [-0.39, 0.29) is 17.2 Å². The minimum Gasteiger partial charge on any atom is -0.507 e. The Morgan fingerprint density at radius 2 is 1.64 bits per heavy atom. The van der Waals surface area contributed by atoms with E-state index in [1.165, 1.54) is 0 Å². The maximum Gasteiger partial charge on any atom is 0.255 e. The number of benzene rings is 3. The molecule has 0 fully saturated rings. The number of amides is 1. The summed E-state index contributed by atoms with van der Waals surface area (Å²) in [6.45, 7) is 0.601. The van der Waals surface area contributed by atoms with E-state index < -0.39 is 0 Å². The van der Waals surface area contributed by atoms with E-state index in [2.05, 4.69) is 5.32 Å². The van der Waals surface area contributed by atoms with Crippen molar-refractivity contribution in [1.29, 1.82) is 0 Å². The van der Waals surface area contributed by atoms with Crippen molar-refractivity contribution in [3.63, 3.8) is 0 Å². The van der Waals surface area contributed by atoms with Gasteiger partial charge < -0.3 is 19.9 Å². The van der Waals surface area contributed by atoms with Gasteiger partial charge in [-0.15, -0.1) is 0 Å². The maximum absolute atomic E-state index is 12.3. The lowest BCUT2D eigenvalue weighted by Gasteiger charge is -2.11. The highest BCUT2D eigenvalue weighted by atomic mass is 16.5. The fraction of sp³-hybridized carbons (Fsp3) is 0.150. The zero-order valence-electron chi connectivity index (χ0n) is 13.9. The van der Waals surface area contributed by atoms with Crippen LogP contribution >= 0.6 is 0 Å². The first-order valence-electron chi connectivity index (χ1n) is 7.95. The van der Waals surface area contributed by atoms with Gasteiger partial charge in [-0.25, -0.2) is 0 Å². The summed E-state index contributed by atoms with van der Waals surface area (Å²) in [4.78, 5) is 12.3. The van der Waals surface area contributed by atoms with Crippen LogP contribution in [-0.4, -0.2) is 31.3 Å². The van der Waals surface area contributed by atoms with Crippen molar-refractivity contribution >= 4 is 16.7 Å². The normalized spacial score (nSPS) is 10.4. The average Bonchev–Trinajstić information content (AvgIpc) is 2.64. The summed E-state index contributed by atoms with van der Waals surface area (Å²) in [7, 11) is 1.58. The van der Waals surface area contributed by atoms with Gasteiger partial charge in [-0.2, -0.15) is 0 Å². The quantitative estimate of drug-likeness (QED) is 0.677. The van der Waals surface area contributed by atoms with Crippen LogP contribution in [-0.2, 0) is 0 Å². The molecule has 3 aromatic carbocycles. The number of rotatable bonds is 6. The van der Waals surface area contributed by atoms with Crippen molar-refractivity contribution in [2.75, 3.05) is 20.3 Å². The van der Waals surface area contributed by atoms with Gasteiger partial charge in [0.05, 0.1) is 19.2 Å². The zero-order chi connectivity index (χ0) is 17.6. The minimum atomic E-state index is -0.341. The molecule has 0 aliphatic carbocycles. The summed E-state index contributed by atoms with van der Waals surface area (Å²) >= 11 is 0. The molecule has 5 heteroatoms. The lowest BCUT2D eigenvalue weighted by molar-refractivity contribution is 0.0944. The van der Waals surface area contributed by atoms with E-state index in [9.17, 15) is 9.90 Å². The number of para-hydroxylation sites is 2. The molecule has 3 rings (SSSR count). The Hall–Kier alpha value is -3.21. The van der Waals surface area contributed by atoms with Gasteiger partial charge in [-0.1, -0.05) is 36.4 Å². The Balaban J connectivity index is 1.60. The number of carbonyl (C=O) groups excluding carboxylic acids is 1. The number of aromatic hydroxyl groups is 1. The van der Waals surface area contributed by atoms with Crippen LogP contribution < -0.4 is 14.8 Å². The van der Waals surface area contributed by atoms with Gasteiger partial charge in [-0.3, -0.25) is 4.79 Å². The highest BCUT2D eigenvalue weighted by Crippen LogP contribution is 2.26. The third-order valence-electron chi connectivity index (χ3n) is 3.82. The second kappa shape index (κ2) is 7.57. The Morgan fingerprint density at radius 3 is 2.36 bits per heavy atom. The first kappa shape index (κ1) is 16.6. The molecule has 0 atom stereocenters. The first-order chi connectivity index (χ1) is 12.2. The number of ether oxygens (including phenoxy) is 2. The molecule has 1 amide bonds.